The molecule has 0 radical (unpaired) electrons. The number of rotatable bonds is 5. The van der Waals surface area contributed by atoms with Crippen LogP contribution in [0, 0.1) is 0 Å². The van der Waals surface area contributed by atoms with Crippen LogP contribution in [0.3, 0.4) is 0 Å². The molecule has 2 rings (SSSR count). The van der Waals surface area contributed by atoms with Gasteiger partial charge in [-0.2, -0.15) is 10.2 Å². The summed E-state index contributed by atoms with van der Waals surface area (Å²) in [5.74, 6) is -0.597. The summed E-state index contributed by atoms with van der Waals surface area (Å²) >= 11 is 0. The lowest BCUT2D eigenvalue weighted by atomic mass is 10.3. The van der Waals surface area contributed by atoms with Crippen molar-refractivity contribution in [2.45, 2.75) is 13.0 Å². The van der Waals surface area contributed by atoms with Gasteiger partial charge in [0.2, 0.25) is 5.91 Å². The van der Waals surface area contributed by atoms with Crippen LogP contribution >= 0.6 is 0 Å². The minimum Gasteiger partial charge on any atom is -0.468 e. The monoisotopic (exact) mass is 263 g/mol. The first-order valence-corrected chi connectivity index (χ1v) is 5.55. The van der Waals surface area contributed by atoms with Crippen molar-refractivity contribution in [3.05, 3.63) is 30.4 Å². The zero-order chi connectivity index (χ0) is 13.7. The fourth-order valence-corrected chi connectivity index (χ4v) is 1.47. The van der Waals surface area contributed by atoms with Gasteiger partial charge in [0.25, 0.3) is 0 Å². The van der Waals surface area contributed by atoms with Gasteiger partial charge in [-0.05, 0) is 6.07 Å². The molecule has 0 fully saturated rings. The first-order chi connectivity index (χ1) is 9.17. The van der Waals surface area contributed by atoms with E-state index in [0.717, 1.165) is 5.69 Å². The highest BCUT2D eigenvalue weighted by Crippen LogP contribution is 2.06. The van der Waals surface area contributed by atoms with Gasteiger partial charge in [-0.3, -0.25) is 19.4 Å². The molecule has 0 saturated heterocycles. The summed E-state index contributed by atoms with van der Waals surface area (Å²) in [5.41, 5.74) is 1.24. The van der Waals surface area contributed by atoms with E-state index in [0.29, 0.717) is 5.69 Å². The number of aromatic amines is 1. The van der Waals surface area contributed by atoms with Crippen molar-refractivity contribution < 1.29 is 14.3 Å². The Bertz CT molecular complexity index is 561. The predicted octanol–water partition coefficient (Wildman–Crippen LogP) is -0.0396. The Hall–Kier alpha value is -2.64. The second-order valence-corrected chi connectivity index (χ2v) is 3.81. The number of methoxy groups -OCH3 is 1. The van der Waals surface area contributed by atoms with Crippen molar-refractivity contribution in [2.24, 2.45) is 0 Å². The molecule has 2 aromatic rings. The van der Waals surface area contributed by atoms with Gasteiger partial charge in [0.1, 0.15) is 6.54 Å². The van der Waals surface area contributed by atoms with E-state index in [-0.39, 0.29) is 18.9 Å². The van der Waals surface area contributed by atoms with E-state index in [1.807, 2.05) is 0 Å². The van der Waals surface area contributed by atoms with Crippen molar-refractivity contribution in [3.8, 4) is 0 Å². The molecule has 0 unspecified atom stereocenters. The lowest BCUT2D eigenvalue weighted by Gasteiger charge is -2.00. The van der Waals surface area contributed by atoms with Crippen molar-refractivity contribution in [1.29, 1.82) is 0 Å². The fourth-order valence-electron chi connectivity index (χ4n) is 1.47. The van der Waals surface area contributed by atoms with Crippen LogP contribution in [0.15, 0.2) is 24.7 Å². The Balaban J connectivity index is 1.89. The first kappa shape index (κ1) is 12.8. The average Bonchev–Trinajstić information content (AvgIpc) is 3.01. The van der Waals surface area contributed by atoms with Gasteiger partial charge in [0, 0.05) is 18.1 Å². The van der Waals surface area contributed by atoms with Gasteiger partial charge in [0.05, 0.1) is 25.4 Å². The van der Waals surface area contributed by atoms with Gasteiger partial charge < -0.3 is 10.1 Å². The maximum atomic E-state index is 11.7. The number of carbonyl (C=O) groups is 2. The largest absolute Gasteiger partial charge is 0.468 e. The van der Waals surface area contributed by atoms with Crippen LogP contribution in [0.4, 0.5) is 5.69 Å². The Morgan fingerprint density at radius 3 is 3.05 bits per heavy atom. The Kier molecular flexibility index (Phi) is 3.91. The third kappa shape index (κ3) is 3.66. The molecule has 0 aliphatic heterocycles. The number of anilines is 1. The van der Waals surface area contributed by atoms with Crippen LogP contribution in [-0.4, -0.2) is 39.0 Å². The molecule has 2 N–H and O–H groups in total. The topological polar surface area (TPSA) is 102 Å². The molecule has 0 saturated carbocycles. The van der Waals surface area contributed by atoms with Crippen molar-refractivity contribution in [1.82, 2.24) is 20.0 Å². The predicted molar refractivity (Wildman–Crippen MR) is 65.2 cm³/mol. The average molecular weight is 263 g/mol. The second-order valence-electron chi connectivity index (χ2n) is 3.81. The molecule has 19 heavy (non-hydrogen) atoms. The number of carbonyl (C=O) groups excluding carboxylic acids is 2. The molecule has 0 aliphatic rings. The standard InChI is InChI=1S/C11H13N5O3/c1-19-11(18)7-16-6-9(5-13-16)14-10(17)4-8-2-3-12-15-8/h2-3,5-6H,4,7H2,1H3,(H,12,15)(H,14,17). The number of hydrogen-bond acceptors (Lipinski definition) is 5. The number of nitrogens with one attached hydrogen (secondary N) is 2. The van der Waals surface area contributed by atoms with Crippen LogP contribution in [0.1, 0.15) is 5.69 Å². The maximum Gasteiger partial charge on any atom is 0.327 e. The third-order valence-electron chi connectivity index (χ3n) is 2.35. The number of aromatic nitrogens is 4. The molecule has 1 amide bonds. The summed E-state index contributed by atoms with van der Waals surface area (Å²) in [6.07, 6.45) is 4.80. The number of nitrogens with zero attached hydrogens (tertiary/aromatic N) is 3. The molecule has 100 valence electrons. The Morgan fingerprint density at radius 2 is 2.37 bits per heavy atom. The minimum atomic E-state index is -0.404. The highest BCUT2D eigenvalue weighted by Gasteiger charge is 2.08. The van der Waals surface area contributed by atoms with Crippen LogP contribution in [0.5, 0.6) is 0 Å². The van der Waals surface area contributed by atoms with E-state index < -0.39 is 5.97 Å². The van der Waals surface area contributed by atoms with Crippen LogP contribution in [0.25, 0.3) is 0 Å². The molecule has 0 bridgehead atoms. The van der Waals surface area contributed by atoms with E-state index >= 15 is 0 Å². The lowest BCUT2D eigenvalue weighted by molar-refractivity contribution is -0.141. The molecular weight excluding hydrogens is 250 g/mol. The number of ether oxygens (including phenoxy) is 1. The van der Waals surface area contributed by atoms with Gasteiger partial charge >= 0.3 is 5.97 Å². The summed E-state index contributed by atoms with van der Waals surface area (Å²) in [4.78, 5) is 22.7. The van der Waals surface area contributed by atoms with Crippen molar-refractivity contribution in [3.63, 3.8) is 0 Å². The van der Waals surface area contributed by atoms with Crippen molar-refractivity contribution >= 4 is 17.6 Å². The second kappa shape index (κ2) is 5.80. The summed E-state index contributed by atoms with van der Waals surface area (Å²) in [5, 5.41) is 13.1. The molecule has 2 heterocycles. The summed E-state index contributed by atoms with van der Waals surface area (Å²) < 4.78 is 5.90. The highest BCUT2D eigenvalue weighted by molar-refractivity contribution is 5.91. The molecule has 0 atom stereocenters. The van der Waals surface area contributed by atoms with E-state index in [4.69, 9.17) is 0 Å². The highest BCUT2D eigenvalue weighted by atomic mass is 16.5. The van der Waals surface area contributed by atoms with E-state index in [1.54, 1.807) is 18.5 Å². The van der Waals surface area contributed by atoms with Gasteiger partial charge in [-0.1, -0.05) is 0 Å². The van der Waals surface area contributed by atoms with E-state index in [1.165, 1.54) is 18.0 Å². The number of H-pyrrole nitrogens is 1. The molecule has 0 spiro atoms. The minimum absolute atomic E-state index is 0.00686. The number of hydrogen-bond donors (Lipinski definition) is 2. The molecule has 0 aliphatic carbocycles. The van der Waals surface area contributed by atoms with E-state index in [9.17, 15) is 9.59 Å². The zero-order valence-electron chi connectivity index (χ0n) is 10.3. The zero-order valence-corrected chi connectivity index (χ0v) is 10.3. The molecular formula is C11H13N5O3. The quantitative estimate of drug-likeness (QED) is 0.737. The smallest absolute Gasteiger partial charge is 0.327 e. The third-order valence-corrected chi connectivity index (χ3v) is 2.35. The SMILES string of the molecule is COC(=O)Cn1cc(NC(=O)Cc2ccn[nH]2)cn1. The normalized spacial score (nSPS) is 10.2. The maximum absolute atomic E-state index is 11.7. The lowest BCUT2D eigenvalue weighted by Crippen LogP contribution is -2.14. The number of amides is 1. The van der Waals surface area contributed by atoms with Gasteiger partial charge in [0.15, 0.2) is 0 Å². The van der Waals surface area contributed by atoms with Crippen LogP contribution in [-0.2, 0) is 27.3 Å². The molecule has 2 aromatic heterocycles. The Labute approximate surface area is 108 Å². The fraction of sp³-hybridized carbons (Fsp3) is 0.273. The van der Waals surface area contributed by atoms with Gasteiger partial charge in [-0.25, -0.2) is 0 Å². The molecule has 8 nitrogen and oxygen atoms in total. The Morgan fingerprint density at radius 1 is 1.53 bits per heavy atom. The van der Waals surface area contributed by atoms with Crippen molar-refractivity contribution in [2.75, 3.05) is 12.4 Å². The van der Waals surface area contributed by atoms with Gasteiger partial charge in [-0.15, -0.1) is 0 Å². The molecule has 0 aromatic carbocycles. The van der Waals surface area contributed by atoms with E-state index in [2.05, 4.69) is 25.3 Å². The summed E-state index contributed by atoms with van der Waals surface area (Å²) in [6.45, 7) is 0.00686. The number of esters is 1. The first-order valence-electron chi connectivity index (χ1n) is 5.55. The summed E-state index contributed by atoms with van der Waals surface area (Å²) in [7, 11) is 1.30. The molecule has 8 heteroatoms. The summed E-state index contributed by atoms with van der Waals surface area (Å²) in [6, 6.07) is 1.72. The van der Waals surface area contributed by atoms with Crippen LogP contribution in [0.2, 0.25) is 0 Å². The van der Waals surface area contributed by atoms with Crippen LogP contribution < -0.4 is 5.32 Å².